The maximum absolute atomic E-state index is 12.6. The van der Waals surface area contributed by atoms with Crippen LogP contribution < -0.4 is 10.6 Å². The quantitative estimate of drug-likeness (QED) is 0.883. The molecule has 0 bridgehead atoms. The molecule has 2 N–H and O–H groups in total. The fraction of sp³-hybridized carbons (Fsp3) is 0.600. The largest absolute Gasteiger partial charge is 0.349 e. The van der Waals surface area contributed by atoms with E-state index in [0.29, 0.717) is 29.5 Å². The Labute approximate surface area is 149 Å². The molecule has 1 aliphatic heterocycles. The van der Waals surface area contributed by atoms with E-state index in [4.69, 9.17) is 0 Å². The van der Waals surface area contributed by atoms with Crippen molar-refractivity contribution in [3.8, 4) is 0 Å². The molecule has 1 heterocycles. The Morgan fingerprint density at radius 2 is 1.96 bits per heavy atom. The lowest BCUT2D eigenvalue weighted by Crippen LogP contribution is -2.70. The van der Waals surface area contributed by atoms with Crippen molar-refractivity contribution >= 4 is 11.8 Å². The van der Waals surface area contributed by atoms with Crippen LogP contribution in [0.4, 0.5) is 0 Å². The Bertz CT molecular complexity index is 679. The van der Waals surface area contributed by atoms with Crippen LogP contribution in [0, 0.1) is 5.41 Å². The van der Waals surface area contributed by atoms with Crippen molar-refractivity contribution < 1.29 is 9.59 Å². The van der Waals surface area contributed by atoms with Gasteiger partial charge in [0.1, 0.15) is 0 Å². The van der Waals surface area contributed by atoms with E-state index in [2.05, 4.69) is 29.6 Å². The van der Waals surface area contributed by atoms with Crippen molar-refractivity contribution in [3.05, 3.63) is 35.4 Å². The molecule has 1 aromatic carbocycles. The molecule has 3 atom stereocenters. The monoisotopic (exact) mass is 341 g/mol. The van der Waals surface area contributed by atoms with Gasteiger partial charge in [-0.2, -0.15) is 0 Å². The Hall–Kier alpha value is -1.88. The molecule has 5 nitrogen and oxygen atoms in total. The minimum absolute atomic E-state index is 0.0236. The summed E-state index contributed by atoms with van der Waals surface area (Å²) in [4.78, 5) is 26.3. The Balaban J connectivity index is 1.39. The van der Waals surface area contributed by atoms with Crippen LogP contribution >= 0.6 is 0 Å². The van der Waals surface area contributed by atoms with Gasteiger partial charge in [-0.3, -0.25) is 9.59 Å². The third-order valence-electron chi connectivity index (χ3n) is 6.60. The first-order chi connectivity index (χ1) is 12.0. The first-order valence-corrected chi connectivity index (χ1v) is 9.36. The summed E-state index contributed by atoms with van der Waals surface area (Å²) in [5.74, 6) is 0.133. The van der Waals surface area contributed by atoms with Gasteiger partial charge in [0, 0.05) is 29.5 Å². The molecule has 134 valence electrons. The second kappa shape index (κ2) is 6.13. The van der Waals surface area contributed by atoms with E-state index in [-0.39, 0.29) is 17.9 Å². The highest BCUT2D eigenvalue weighted by Gasteiger charge is 2.59. The molecular formula is C20H27N3O2. The van der Waals surface area contributed by atoms with E-state index in [1.54, 1.807) is 0 Å². The van der Waals surface area contributed by atoms with Gasteiger partial charge in [-0.15, -0.1) is 0 Å². The molecule has 3 fully saturated rings. The number of carbonyl (C=O) groups excluding carboxylic acids is 2. The summed E-state index contributed by atoms with van der Waals surface area (Å²) in [6.45, 7) is 0. The van der Waals surface area contributed by atoms with Crippen molar-refractivity contribution in [1.82, 2.24) is 15.5 Å². The summed E-state index contributed by atoms with van der Waals surface area (Å²) in [6, 6.07) is 8.68. The molecular weight excluding hydrogens is 314 g/mol. The number of hydrogen-bond acceptors (Lipinski definition) is 3. The SMILES string of the molecule is CN(C)C1CC(NC(=O)c2ccc(C3CCC(=O)N3)cc2)C12CCC2. The topological polar surface area (TPSA) is 61.4 Å². The van der Waals surface area contributed by atoms with Gasteiger partial charge < -0.3 is 15.5 Å². The van der Waals surface area contributed by atoms with E-state index in [9.17, 15) is 9.59 Å². The van der Waals surface area contributed by atoms with E-state index in [1.807, 2.05) is 24.3 Å². The van der Waals surface area contributed by atoms with Gasteiger partial charge in [0.2, 0.25) is 5.91 Å². The molecule has 5 heteroatoms. The lowest BCUT2D eigenvalue weighted by Gasteiger charge is -2.63. The minimum atomic E-state index is 0.0236. The fourth-order valence-electron chi connectivity index (χ4n) is 4.93. The molecule has 2 aliphatic carbocycles. The fourth-order valence-corrected chi connectivity index (χ4v) is 4.93. The Kier molecular flexibility index (Phi) is 4.07. The van der Waals surface area contributed by atoms with E-state index >= 15 is 0 Å². The number of rotatable bonds is 4. The van der Waals surface area contributed by atoms with E-state index in [0.717, 1.165) is 18.4 Å². The minimum Gasteiger partial charge on any atom is -0.349 e. The highest BCUT2D eigenvalue weighted by Crippen LogP contribution is 2.57. The third-order valence-corrected chi connectivity index (χ3v) is 6.60. The van der Waals surface area contributed by atoms with Gasteiger partial charge in [-0.05, 0) is 57.5 Å². The molecule has 25 heavy (non-hydrogen) atoms. The number of hydrogen-bond donors (Lipinski definition) is 2. The normalized spacial score (nSPS) is 29.9. The van der Waals surface area contributed by atoms with Crippen molar-refractivity contribution in [2.24, 2.45) is 5.41 Å². The summed E-state index contributed by atoms with van der Waals surface area (Å²) in [6.07, 6.45) is 6.19. The molecule has 1 aromatic rings. The summed E-state index contributed by atoms with van der Waals surface area (Å²) in [7, 11) is 4.28. The van der Waals surface area contributed by atoms with Crippen LogP contribution in [0.25, 0.3) is 0 Å². The van der Waals surface area contributed by atoms with Crippen LogP contribution in [0.15, 0.2) is 24.3 Å². The molecule has 0 radical (unpaired) electrons. The van der Waals surface area contributed by atoms with Crippen molar-refractivity contribution in [2.45, 2.75) is 56.7 Å². The zero-order chi connectivity index (χ0) is 17.6. The molecule has 3 unspecified atom stereocenters. The Morgan fingerprint density at radius 3 is 2.48 bits per heavy atom. The number of nitrogens with one attached hydrogen (secondary N) is 2. The molecule has 2 saturated carbocycles. The molecule has 2 amide bonds. The lowest BCUT2D eigenvalue weighted by atomic mass is 9.49. The van der Waals surface area contributed by atoms with Gasteiger partial charge >= 0.3 is 0 Å². The number of nitrogens with zero attached hydrogens (tertiary/aromatic N) is 1. The molecule has 1 spiro atoms. The van der Waals surface area contributed by atoms with Gasteiger partial charge in [0.15, 0.2) is 0 Å². The predicted molar refractivity (Wildman–Crippen MR) is 96.2 cm³/mol. The summed E-state index contributed by atoms with van der Waals surface area (Å²) < 4.78 is 0. The van der Waals surface area contributed by atoms with Crippen molar-refractivity contribution in [1.29, 1.82) is 0 Å². The van der Waals surface area contributed by atoms with Crippen LogP contribution in [-0.4, -0.2) is 42.9 Å². The summed E-state index contributed by atoms with van der Waals surface area (Å²) in [5.41, 5.74) is 2.08. The van der Waals surface area contributed by atoms with E-state index < -0.39 is 0 Å². The molecule has 0 aromatic heterocycles. The van der Waals surface area contributed by atoms with Crippen molar-refractivity contribution in [3.63, 3.8) is 0 Å². The molecule has 1 saturated heterocycles. The third kappa shape index (κ3) is 2.74. The maximum Gasteiger partial charge on any atom is 0.251 e. The summed E-state index contributed by atoms with van der Waals surface area (Å²) >= 11 is 0. The number of carbonyl (C=O) groups is 2. The highest BCUT2D eigenvalue weighted by atomic mass is 16.2. The highest BCUT2D eigenvalue weighted by molar-refractivity contribution is 5.94. The zero-order valence-corrected chi connectivity index (χ0v) is 15.0. The smallest absolute Gasteiger partial charge is 0.251 e. The number of benzene rings is 1. The van der Waals surface area contributed by atoms with Crippen molar-refractivity contribution in [2.75, 3.05) is 14.1 Å². The van der Waals surface area contributed by atoms with Gasteiger partial charge in [0.05, 0.1) is 6.04 Å². The second-order valence-electron chi connectivity index (χ2n) is 8.11. The van der Waals surface area contributed by atoms with Gasteiger partial charge in [-0.25, -0.2) is 0 Å². The average molecular weight is 341 g/mol. The molecule has 4 rings (SSSR count). The Morgan fingerprint density at radius 1 is 1.24 bits per heavy atom. The summed E-state index contributed by atoms with van der Waals surface area (Å²) in [5, 5.41) is 6.24. The zero-order valence-electron chi connectivity index (χ0n) is 15.0. The van der Waals surface area contributed by atoms with Crippen LogP contribution in [0.3, 0.4) is 0 Å². The van der Waals surface area contributed by atoms with Gasteiger partial charge in [0.25, 0.3) is 5.91 Å². The maximum atomic E-state index is 12.6. The lowest BCUT2D eigenvalue weighted by molar-refractivity contribution is -0.119. The first kappa shape index (κ1) is 16.6. The first-order valence-electron chi connectivity index (χ1n) is 9.36. The van der Waals surface area contributed by atoms with Crippen LogP contribution in [0.2, 0.25) is 0 Å². The second-order valence-corrected chi connectivity index (χ2v) is 8.11. The van der Waals surface area contributed by atoms with Crippen LogP contribution in [0.5, 0.6) is 0 Å². The van der Waals surface area contributed by atoms with Crippen LogP contribution in [0.1, 0.15) is 60.5 Å². The number of amides is 2. The van der Waals surface area contributed by atoms with Crippen LogP contribution in [-0.2, 0) is 4.79 Å². The average Bonchev–Trinajstić information content (AvgIpc) is 2.95. The standard InChI is InChI=1S/C20H27N3O2/c1-23(2)17-12-16(20(17)10-3-11-20)22-19(25)14-6-4-13(5-7-14)15-8-9-18(24)21-15/h4-7,15-17H,3,8-12H2,1-2H3,(H,21,24)(H,22,25). The predicted octanol–water partition coefficient (Wildman–Crippen LogP) is 2.24. The van der Waals surface area contributed by atoms with Gasteiger partial charge in [-0.1, -0.05) is 18.6 Å². The van der Waals surface area contributed by atoms with E-state index in [1.165, 1.54) is 19.3 Å². The molecule has 3 aliphatic rings.